The van der Waals surface area contributed by atoms with E-state index in [4.69, 9.17) is 14.6 Å². The molecular weight excluding hydrogens is 442 g/mol. The molecule has 0 spiro atoms. The summed E-state index contributed by atoms with van der Waals surface area (Å²) in [5, 5.41) is 13.0. The number of carboxylic acids is 1. The van der Waals surface area contributed by atoms with Gasteiger partial charge in [0.1, 0.15) is 12.4 Å². The summed E-state index contributed by atoms with van der Waals surface area (Å²) in [5.74, 6) is -0.269. The average molecular weight is 465 g/mol. The van der Waals surface area contributed by atoms with E-state index < -0.39 is 11.5 Å². The summed E-state index contributed by atoms with van der Waals surface area (Å²) >= 11 is 0. The number of hydrogen-bond donors (Lipinski definition) is 2. The zero-order chi connectivity index (χ0) is 23.5. The van der Waals surface area contributed by atoms with Crippen molar-refractivity contribution in [3.05, 3.63) is 64.5 Å². The molecule has 4 aromatic rings. The Balaban J connectivity index is 1.30. The Kier molecular flexibility index (Phi) is 6.06. The second-order valence-electron chi connectivity index (χ2n) is 7.86. The van der Waals surface area contributed by atoms with Gasteiger partial charge in [0.25, 0.3) is 5.56 Å². The van der Waals surface area contributed by atoms with Crippen LogP contribution in [0.5, 0.6) is 5.75 Å². The van der Waals surface area contributed by atoms with E-state index >= 15 is 0 Å². The Morgan fingerprint density at radius 1 is 1.26 bits per heavy atom. The minimum absolute atomic E-state index is 0.0136. The highest BCUT2D eigenvalue weighted by Crippen LogP contribution is 2.16. The maximum absolute atomic E-state index is 12.8. The van der Waals surface area contributed by atoms with Gasteiger partial charge in [-0.2, -0.15) is 10.1 Å². The van der Waals surface area contributed by atoms with E-state index in [1.165, 1.54) is 17.1 Å². The van der Waals surface area contributed by atoms with Crippen LogP contribution in [0, 0.1) is 0 Å². The molecule has 1 saturated heterocycles. The van der Waals surface area contributed by atoms with Gasteiger partial charge in [-0.05, 0) is 17.7 Å². The number of carboxylic acid groups (broad SMARTS) is 1. The molecule has 12 nitrogen and oxygen atoms in total. The van der Waals surface area contributed by atoms with Crippen LogP contribution >= 0.6 is 0 Å². The van der Waals surface area contributed by atoms with Gasteiger partial charge in [-0.15, -0.1) is 0 Å². The first-order chi connectivity index (χ1) is 16.6. The number of nitrogens with zero attached hydrogens (tertiary/aromatic N) is 6. The lowest BCUT2D eigenvalue weighted by atomic mass is 10.2. The third-order valence-corrected chi connectivity index (χ3v) is 5.55. The topological polar surface area (TPSA) is 140 Å². The quantitative estimate of drug-likeness (QED) is 0.386. The minimum Gasteiger partial charge on any atom is -0.492 e. The molecule has 0 aliphatic carbocycles. The van der Waals surface area contributed by atoms with Crippen LogP contribution < -0.4 is 10.3 Å². The van der Waals surface area contributed by atoms with Crippen LogP contribution in [-0.4, -0.2) is 84.7 Å². The number of nitrogens with one attached hydrogen (secondary N) is 1. The number of aromatic carboxylic acids is 1. The van der Waals surface area contributed by atoms with Gasteiger partial charge in [-0.1, -0.05) is 12.1 Å². The standard InChI is InChI=1S/C22H23N7O5/c30-20-18-19(25-22(26-20)29-13-16(11-24-29)21(31)32)23-14-28(18)12-15-2-1-3-17(10-15)34-9-6-27-4-7-33-8-5-27/h1-3,10-11,13-14H,4-9,12H2,(H,31,32)(H,25,26,30). The van der Waals surface area contributed by atoms with Crippen LogP contribution in [0.15, 0.2) is 47.8 Å². The molecule has 2 N–H and O–H groups in total. The van der Waals surface area contributed by atoms with Crippen molar-refractivity contribution in [1.82, 2.24) is 34.2 Å². The molecule has 3 aromatic heterocycles. The summed E-state index contributed by atoms with van der Waals surface area (Å²) in [6.07, 6.45) is 4.00. The normalized spacial score (nSPS) is 14.5. The van der Waals surface area contributed by atoms with E-state index in [0.717, 1.165) is 44.2 Å². The fourth-order valence-corrected chi connectivity index (χ4v) is 3.80. The summed E-state index contributed by atoms with van der Waals surface area (Å²) in [5.41, 5.74) is 1.09. The Morgan fingerprint density at radius 3 is 2.91 bits per heavy atom. The second kappa shape index (κ2) is 9.45. The lowest BCUT2D eigenvalue weighted by molar-refractivity contribution is 0.0322. The zero-order valence-electron chi connectivity index (χ0n) is 18.3. The number of morpholine rings is 1. The zero-order valence-corrected chi connectivity index (χ0v) is 18.3. The average Bonchev–Trinajstić information content (AvgIpc) is 3.48. The summed E-state index contributed by atoms with van der Waals surface area (Å²) in [6.45, 7) is 5.19. The molecule has 0 bridgehead atoms. The van der Waals surface area contributed by atoms with Gasteiger partial charge in [-0.25, -0.2) is 14.5 Å². The highest BCUT2D eigenvalue weighted by atomic mass is 16.5. The molecule has 5 rings (SSSR count). The molecule has 176 valence electrons. The summed E-state index contributed by atoms with van der Waals surface area (Å²) < 4.78 is 14.2. The highest BCUT2D eigenvalue weighted by molar-refractivity contribution is 5.86. The monoisotopic (exact) mass is 465 g/mol. The summed E-state index contributed by atoms with van der Waals surface area (Å²) in [6, 6.07) is 7.72. The van der Waals surface area contributed by atoms with Crippen molar-refractivity contribution < 1.29 is 19.4 Å². The van der Waals surface area contributed by atoms with Gasteiger partial charge in [0.2, 0.25) is 5.95 Å². The van der Waals surface area contributed by atoms with Crippen molar-refractivity contribution in [1.29, 1.82) is 0 Å². The highest BCUT2D eigenvalue weighted by Gasteiger charge is 2.15. The van der Waals surface area contributed by atoms with Crippen LogP contribution in [0.3, 0.4) is 0 Å². The Hall–Kier alpha value is -4.03. The number of H-pyrrole nitrogens is 1. The predicted octanol–water partition coefficient (Wildman–Crippen LogP) is 0.763. The molecule has 34 heavy (non-hydrogen) atoms. The molecule has 0 amide bonds. The lowest BCUT2D eigenvalue weighted by Crippen LogP contribution is -2.38. The van der Waals surface area contributed by atoms with Crippen LogP contribution in [-0.2, 0) is 11.3 Å². The first-order valence-corrected chi connectivity index (χ1v) is 10.8. The molecule has 1 aliphatic rings. The van der Waals surface area contributed by atoms with Crippen molar-refractivity contribution >= 4 is 17.1 Å². The van der Waals surface area contributed by atoms with Gasteiger partial charge < -0.3 is 19.1 Å². The van der Waals surface area contributed by atoms with Crippen LogP contribution in [0.25, 0.3) is 17.1 Å². The number of rotatable bonds is 8. The van der Waals surface area contributed by atoms with Gasteiger partial charge >= 0.3 is 5.97 Å². The number of ether oxygens (including phenoxy) is 2. The molecule has 1 fully saturated rings. The van der Waals surface area contributed by atoms with Gasteiger partial charge in [0, 0.05) is 32.4 Å². The molecule has 1 aliphatic heterocycles. The van der Waals surface area contributed by atoms with Crippen molar-refractivity contribution in [3.63, 3.8) is 0 Å². The molecule has 0 atom stereocenters. The number of fused-ring (bicyclic) bond motifs is 1. The fourth-order valence-electron chi connectivity index (χ4n) is 3.80. The van der Waals surface area contributed by atoms with Crippen LogP contribution in [0.2, 0.25) is 0 Å². The Bertz CT molecular complexity index is 1370. The first kappa shape index (κ1) is 21.8. The third kappa shape index (κ3) is 4.67. The van der Waals surface area contributed by atoms with E-state index in [2.05, 4.69) is 25.0 Å². The van der Waals surface area contributed by atoms with Crippen molar-refractivity contribution in [2.75, 3.05) is 39.5 Å². The second-order valence-corrected chi connectivity index (χ2v) is 7.86. The number of carbonyl (C=O) groups is 1. The van der Waals surface area contributed by atoms with Crippen LogP contribution in [0.1, 0.15) is 15.9 Å². The van der Waals surface area contributed by atoms with Crippen molar-refractivity contribution in [2.45, 2.75) is 6.54 Å². The van der Waals surface area contributed by atoms with Crippen molar-refractivity contribution in [2.24, 2.45) is 0 Å². The molecule has 1 aromatic carbocycles. The van der Waals surface area contributed by atoms with Crippen molar-refractivity contribution in [3.8, 4) is 11.7 Å². The van der Waals surface area contributed by atoms with E-state index in [9.17, 15) is 9.59 Å². The van der Waals surface area contributed by atoms with Gasteiger partial charge in [0.05, 0.1) is 31.3 Å². The molecule has 4 heterocycles. The Morgan fingerprint density at radius 2 is 2.12 bits per heavy atom. The maximum atomic E-state index is 12.8. The molecule has 12 heteroatoms. The van der Waals surface area contributed by atoms with Crippen LogP contribution in [0.4, 0.5) is 0 Å². The van der Waals surface area contributed by atoms with E-state index in [-0.39, 0.29) is 17.2 Å². The van der Waals surface area contributed by atoms with Gasteiger partial charge in [-0.3, -0.25) is 14.7 Å². The van der Waals surface area contributed by atoms with E-state index in [1.807, 2.05) is 24.3 Å². The summed E-state index contributed by atoms with van der Waals surface area (Å²) in [4.78, 5) is 37.4. The smallest absolute Gasteiger partial charge is 0.338 e. The van der Waals surface area contributed by atoms with E-state index in [1.54, 1.807) is 10.9 Å². The fraction of sp³-hybridized carbons (Fsp3) is 0.318. The maximum Gasteiger partial charge on any atom is 0.338 e. The third-order valence-electron chi connectivity index (χ3n) is 5.55. The predicted molar refractivity (Wildman–Crippen MR) is 121 cm³/mol. The number of hydrogen-bond acceptors (Lipinski definition) is 8. The molecule has 0 saturated carbocycles. The van der Waals surface area contributed by atoms with Gasteiger partial charge in [0.15, 0.2) is 11.2 Å². The lowest BCUT2D eigenvalue weighted by Gasteiger charge is -2.26. The molecular formula is C22H23N7O5. The number of aromatic nitrogens is 6. The molecule has 0 radical (unpaired) electrons. The number of benzene rings is 1. The first-order valence-electron chi connectivity index (χ1n) is 10.8. The molecule has 0 unspecified atom stereocenters. The minimum atomic E-state index is -1.12. The number of imidazole rings is 1. The Labute approximate surface area is 193 Å². The SMILES string of the molecule is O=C(O)c1cnn(-c2nc3ncn(Cc4cccc(OCCN5CCOCC5)c4)c3c(=O)[nH]2)c1. The largest absolute Gasteiger partial charge is 0.492 e. The number of aromatic amines is 1. The summed E-state index contributed by atoms with van der Waals surface area (Å²) in [7, 11) is 0. The van der Waals surface area contributed by atoms with E-state index in [0.29, 0.717) is 18.7 Å².